The Morgan fingerprint density at radius 3 is 2.88 bits per heavy atom. The number of aliphatic imine (C=N–C) groups is 1. The minimum atomic E-state index is 0. The molecule has 1 aromatic heterocycles. The maximum absolute atomic E-state index is 5.99. The van der Waals surface area contributed by atoms with Gasteiger partial charge in [0, 0.05) is 23.2 Å². The number of guanidine groups is 1. The third-order valence-corrected chi connectivity index (χ3v) is 3.85. The summed E-state index contributed by atoms with van der Waals surface area (Å²) in [4.78, 5) is 8.89. The molecular weight excluding hydrogens is 453 g/mol. The highest BCUT2D eigenvalue weighted by Gasteiger charge is 2.12. The van der Waals surface area contributed by atoms with Crippen LogP contribution in [0.2, 0.25) is 5.02 Å². The number of benzene rings is 1. The molecule has 6 nitrogen and oxygen atoms in total. The van der Waals surface area contributed by atoms with Crippen LogP contribution >= 0.6 is 35.6 Å². The van der Waals surface area contributed by atoms with Crippen molar-refractivity contribution in [3.63, 3.8) is 0 Å². The van der Waals surface area contributed by atoms with Crippen molar-refractivity contribution in [1.29, 1.82) is 0 Å². The molecular formula is C17H21ClIN5O. The summed E-state index contributed by atoms with van der Waals surface area (Å²) in [5, 5.41) is 11.3. The summed E-state index contributed by atoms with van der Waals surface area (Å²) >= 11 is 5.99. The number of halogens is 2. The Morgan fingerprint density at radius 2 is 2.16 bits per heavy atom. The average molecular weight is 474 g/mol. The Labute approximate surface area is 169 Å². The number of aromatic nitrogens is 2. The fourth-order valence-electron chi connectivity index (χ4n) is 2.46. The lowest BCUT2D eigenvalue weighted by atomic mass is 10.2. The zero-order valence-electron chi connectivity index (χ0n) is 13.9. The van der Waals surface area contributed by atoms with E-state index in [2.05, 4.69) is 37.9 Å². The largest absolute Gasteiger partial charge is 0.357 e. The van der Waals surface area contributed by atoms with Gasteiger partial charge in [-0.2, -0.15) is 4.98 Å². The van der Waals surface area contributed by atoms with Crippen LogP contribution in [0.25, 0.3) is 11.4 Å². The van der Waals surface area contributed by atoms with Gasteiger partial charge in [-0.05, 0) is 31.9 Å². The van der Waals surface area contributed by atoms with Crippen LogP contribution in [0.3, 0.4) is 0 Å². The maximum atomic E-state index is 5.99. The Bertz CT molecular complexity index is 738. The molecule has 2 N–H and O–H groups in total. The Kier molecular flexibility index (Phi) is 7.70. The highest BCUT2D eigenvalue weighted by atomic mass is 127. The first-order valence-corrected chi connectivity index (χ1v) is 8.40. The van der Waals surface area contributed by atoms with Gasteiger partial charge in [-0.1, -0.05) is 41.0 Å². The average Bonchev–Trinajstić information content (AvgIpc) is 3.24. The van der Waals surface area contributed by atoms with Crippen molar-refractivity contribution in [3.8, 4) is 11.4 Å². The molecule has 1 aromatic carbocycles. The fraction of sp³-hybridized carbons (Fsp3) is 0.353. The Morgan fingerprint density at radius 1 is 1.36 bits per heavy atom. The molecule has 3 rings (SSSR count). The second-order valence-corrected chi connectivity index (χ2v) is 5.94. The summed E-state index contributed by atoms with van der Waals surface area (Å²) in [6.07, 6.45) is 6.39. The summed E-state index contributed by atoms with van der Waals surface area (Å²) in [5.74, 6) is 1.74. The van der Waals surface area contributed by atoms with Gasteiger partial charge in [-0.3, -0.25) is 0 Å². The van der Waals surface area contributed by atoms with E-state index in [0.717, 1.165) is 30.9 Å². The summed E-state index contributed by atoms with van der Waals surface area (Å²) in [7, 11) is 0. The Hall–Kier alpha value is -1.61. The van der Waals surface area contributed by atoms with Crippen LogP contribution in [0, 0.1) is 0 Å². The van der Waals surface area contributed by atoms with E-state index >= 15 is 0 Å². The molecule has 0 spiro atoms. The summed E-state index contributed by atoms with van der Waals surface area (Å²) in [5.41, 5.74) is 0.823. The molecule has 134 valence electrons. The number of hydrogen-bond acceptors (Lipinski definition) is 4. The maximum Gasteiger partial charge on any atom is 0.248 e. The van der Waals surface area contributed by atoms with E-state index in [1.807, 2.05) is 25.1 Å². The third-order valence-electron chi connectivity index (χ3n) is 3.62. The lowest BCUT2D eigenvalue weighted by Crippen LogP contribution is -2.42. The van der Waals surface area contributed by atoms with E-state index in [9.17, 15) is 0 Å². The number of nitrogens with one attached hydrogen (secondary N) is 2. The zero-order valence-corrected chi connectivity index (χ0v) is 17.0. The topological polar surface area (TPSA) is 75.3 Å². The van der Waals surface area contributed by atoms with Gasteiger partial charge in [0.2, 0.25) is 11.7 Å². The second-order valence-electron chi connectivity index (χ2n) is 5.50. The quantitative estimate of drug-likeness (QED) is 0.299. The highest BCUT2D eigenvalue weighted by molar-refractivity contribution is 14.0. The van der Waals surface area contributed by atoms with Crippen LogP contribution in [0.1, 0.15) is 25.7 Å². The van der Waals surface area contributed by atoms with Gasteiger partial charge in [-0.25, -0.2) is 4.99 Å². The van der Waals surface area contributed by atoms with Crippen molar-refractivity contribution < 1.29 is 4.52 Å². The Balaban J connectivity index is 0.00000225. The number of hydrogen-bond donors (Lipinski definition) is 2. The molecule has 0 bridgehead atoms. The van der Waals surface area contributed by atoms with Gasteiger partial charge in [0.15, 0.2) is 5.96 Å². The van der Waals surface area contributed by atoms with Crippen LogP contribution in [-0.4, -0.2) is 28.7 Å². The molecule has 0 fully saturated rings. The summed E-state index contributed by atoms with van der Waals surface area (Å²) in [6, 6.07) is 7.75. The first-order chi connectivity index (χ1) is 11.7. The van der Waals surface area contributed by atoms with Crippen molar-refractivity contribution in [2.45, 2.75) is 32.4 Å². The first-order valence-electron chi connectivity index (χ1n) is 8.03. The molecule has 0 amide bonds. The minimum absolute atomic E-state index is 0. The SMILES string of the molecule is CCNC(=NCc1nc(-c2cccc(Cl)c2)no1)NC1CC=CC1.I. The molecule has 2 aromatic rings. The third kappa shape index (κ3) is 5.71. The molecule has 0 atom stereocenters. The number of nitrogens with zero attached hydrogens (tertiary/aromatic N) is 3. The highest BCUT2D eigenvalue weighted by Crippen LogP contribution is 2.20. The lowest BCUT2D eigenvalue weighted by Gasteiger charge is -2.16. The lowest BCUT2D eigenvalue weighted by molar-refractivity contribution is 0.380. The van der Waals surface area contributed by atoms with Gasteiger partial charge >= 0.3 is 0 Å². The molecule has 1 heterocycles. The smallest absolute Gasteiger partial charge is 0.248 e. The molecule has 1 aliphatic carbocycles. The molecule has 0 saturated heterocycles. The first kappa shape index (κ1) is 19.7. The van der Waals surface area contributed by atoms with Crippen molar-refractivity contribution in [2.24, 2.45) is 4.99 Å². The predicted octanol–water partition coefficient (Wildman–Crippen LogP) is 3.78. The van der Waals surface area contributed by atoms with Gasteiger partial charge < -0.3 is 15.2 Å². The molecule has 0 radical (unpaired) electrons. The summed E-state index contributed by atoms with van der Waals surface area (Å²) < 4.78 is 5.28. The van der Waals surface area contributed by atoms with Crippen LogP contribution in [-0.2, 0) is 6.54 Å². The number of rotatable bonds is 5. The monoisotopic (exact) mass is 473 g/mol. The summed E-state index contributed by atoms with van der Waals surface area (Å²) in [6.45, 7) is 3.15. The standard InChI is InChI=1S/C17H20ClN5O.HI/c1-2-19-17(21-14-8-3-4-9-14)20-11-15-22-16(23-24-15)12-6-5-7-13(18)10-12;/h3-7,10,14H,2,8-9,11H2,1H3,(H2,19,20,21);1H. The van der Waals surface area contributed by atoms with Crippen LogP contribution in [0.4, 0.5) is 0 Å². The van der Waals surface area contributed by atoms with E-state index in [1.165, 1.54) is 0 Å². The van der Waals surface area contributed by atoms with Crippen molar-refractivity contribution in [1.82, 2.24) is 20.8 Å². The van der Waals surface area contributed by atoms with Gasteiger partial charge in [0.25, 0.3) is 0 Å². The van der Waals surface area contributed by atoms with Gasteiger partial charge in [0.05, 0.1) is 0 Å². The normalized spacial score (nSPS) is 14.4. The van der Waals surface area contributed by atoms with Crippen LogP contribution in [0.15, 0.2) is 45.9 Å². The fourth-order valence-corrected chi connectivity index (χ4v) is 2.65. The van der Waals surface area contributed by atoms with Gasteiger partial charge in [0.1, 0.15) is 6.54 Å². The van der Waals surface area contributed by atoms with Crippen LogP contribution < -0.4 is 10.6 Å². The van der Waals surface area contributed by atoms with Crippen LogP contribution in [0.5, 0.6) is 0 Å². The van der Waals surface area contributed by atoms with Crippen molar-refractivity contribution >= 4 is 41.5 Å². The molecule has 0 unspecified atom stereocenters. The zero-order chi connectivity index (χ0) is 16.8. The minimum Gasteiger partial charge on any atom is -0.357 e. The van der Waals surface area contributed by atoms with Gasteiger partial charge in [-0.15, -0.1) is 24.0 Å². The van der Waals surface area contributed by atoms with Crippen molar-refractivity contribution in [3.05, 3.63) is 47.3 Å². The van der Waals surface area contributed by atoms with E-state index in [0.29, 0.717) is 29.3 Å². The van der Waals surface area contributed by atoms with E-state index in [1.54, 1.807) is 6.07 Å². The predicted molar refractivity (Wildman–Crippen MR) is 110 cm³/mol. The molecule has 8 heteroatoms. The van der Waals surface area contributed by atoms with E-state index in [-0.39, 0.29) is 24.0 Å². The van der Waals surface area contributed by atoms with Crippen molar-refractivity contribution in [2.75, 3.05) is 6.54 Å². The molecule has 0 saturated carbocycles. The molecule has 1 aliphatic rings. The molecule has 0 aliphatic heterocycles. The van der Waals surface area contributed by atoms with E-state index < -0.39 is 0 Å². The second kappa shape index (κ2) is 9.76. The molecule has 25 heavy (non-hydrogen) atoms. The van der Waals surface area contributed by atoms with E-state index in [4.69, 9.17) is 16.1 Å².